The molecule has 1 N–H and O–H groups in total. The number of imide groups is 3. The Balaban J connectivity index is 2.26. The number of amides is 6. The predicted octanol–water partition coefficient (Wildman–Crippen LogP) is -1.79. The van der Waals surface area contributed by atoms with Crippen molar-refractivity contribution in [3.05, 3.63) is 0 Å². The number of rotatable bonds is 1. The first kappa shape index (κ1) is 11.2. The van der Waals surface area contributed by atoms with Crippen LogP contribution in [0, 0.1) is 0 Å². The van der Waals surface area contributed by atoms with Gasteiger partial charge in [-0.25, -0.2) is 4.79 Å². The minimum absolute atomic E-state index is 0.233. The third-order valence-electron chi connectivity index (χ3n) is 2.72. The van der Waals surface area contributed by atoms with Crippen LogP contribution >= 0.6 is 0 Å². The SMILES string of the molecule is CN1C(=O)CC(N2C(=O)CC(=O)NC2=O)C1=O. The lowest BCUT2D eigenvalue weighted by atomic mass is 10.1. The van der Waals surface area contributed by atoms with Gasteiger partial charge in [-0.3, -0.25) is 34.3 Å². The van der Waals surface area contributed by atoms with E-state index in [2.05, 4.69) is 0 Å². The molecule has 17 heavy (non-hydrogen) atoms. The molecule has 8 heteroatoms. The topological polar surface area (TPSA) is 104 Å². The van der Waals surface area contributed by atoms with Gasteiger partial charge in [-0.05, 0) is 0 Å². The predicted molar refractivity (Wildman–Crippen MR) is 51.2 cm³/mol. The molecular formula is C9H9N3O5. The molecule has 90 valence electrons. The second kappa shape index (κ2) is 3.65. The van der Waals surface area contributed by atoms with Gasteiger partial charge in [0, 0.05) is 7.05 Å². The molecule has 0 bridgehead atoms. The number of hydrogen-bond donors (Lipinski definition) is 1. The van der Waals surface area contributed by atoms with Crippen molar-refractivity contribution in [1.82, 2.24) is 15.1 Å². The molecule has 0 saturated carbocycles. The largest absolute Gasteiger partial charge is 0.331 e. The van der Waals surface area contributed by atoms with E-state index >= 15 is 0 Å². The molecule has 0 aromatic carbocycles. The van der Waals surface area contributed by atoms with Gasteiger partial charge in [-0.15, -0.1) is 0 Å². The number of hydrogen-bond acceptors (Lipinski definition) is 5. The van der Waals surface area contributed by atoms with E-state index in [4.69, 9.17) is 0 Å². The molecule has 2 aliphatic rings. The van der Waals surface area contributed by atoms with Crippen molar-refractivity contribution in [1.29, 1.82) is 0 Å². The van der Waals surface area contributed by atoms with Crippen molar-refractivity contribution < 1.29 is 24.0 Å². The highest BCUT2D eigenvalue weighted by Crippen LogP contribution is 2.19. The average Bonchev–Trinajstić information content (AvgIpc) is 2.45. The fourth-order valence-corrected chi connectivity index (χ4v) is 1.81. The van der Waals surface area contributed by atoms with Gasteiger partial charge in [0.25, 0.3) is 5.91 Å². The molecule has 0 aliphatic carbocycles. The number of carbonyl (C=O) groups is 5. The van der Waals surface area contributed by atoms with Gasteiger partial charge in [-0.2, -0.15) is 0 Å². The molecule has 6 amide bonds. The van der Waals surface area contributed by atoms with Crippen LogP contribution in [0.5, 0.6) is 0 Å². The smallest absolute Gasteiger partial charge is 0.284 e. The molecule has 2 saturated heterocycles. The van der Waals surface area contributed by atoms with E-state index in [-0.39, 0.29) is 6.42 Å². The quantitative estimate of drug-likeness (QED) is 0.430. The highest BCUT2D eigenvalue weighted by Gasteiger charge is 2.46. The summed E-state index contributed by atoms with van der Waals surface area (Å²) in [6, 6.07) is -2.08. The summed E-state index contributed by atoms with van der Waals surface area (Å²) in [6.07, 6.45) is -0.726. The number of nitrogens with one attached hydrogen (secondary N) is 1. The van der Waals surface area contributed by atoms with E-state index in [0.717, 1.165) is 4.90 Å². The molecular weight excluding hydrogens is 230 g/mol. The molecule has 2 heterocycles. The van der Waals surface area contributed by atoms with Crippen molar-refractivity contribution in [2.75, 3.05) is 7.05 Å². The second-order valence-electron chi connectivity index (χ2n) is 3.80. The Bertz CT molecular complexity index is 438. The van der Waals surface area contributed by atoms with Crippen LogP contribution in [-0.4, -0.2) is 52.5 Å². The molecule has 2 rings (SSSR count). The monoisotopic (exact) mass is 239 g/mol. The lowest BCUT2D eigenvalue weighted by Crippen LogP contribution is -2.58. The van der Waals surface area contributed by atoms with E-state index in [1.165, 1.54) is 7.05 Å². The summed E-state index contributed by atoms with van der Waals surface area (Å²) in [5.74, 6) is -2.55. The number of urea groups is 1. The van der Waals surface area contributed by atoms with Gasteiger partial charge in [0.1, 0.15) is 12.5 Å². The molecule has 0 radical (unpaired) electrons. The van der Waals surface area contributed by atoms with Crippen molar-refractivity contribution >= 4 is 29.7 Å². The minimum atomic E-state index is -1.13. The van der Waals surface area contributed by atoms with Crippen LogP contribution in [0.25, 0.3) is 0 Å². The van der Waals surface area contributed by atoms with Crippen molar-refractivity contribution in [3.8, 4) is 0 Å². The normalized spacial score (nSPS) is 25.7. The first-order valence-corrected chi connectivity index (χ1v) is 4.88. The summed E-state index contributed by atoms with van der Waals surface area (Å²) >= 11 is 0. The van der Waals surface area contributed by atoms with Gasteiger partial charge in [-0.1, -0.05) is 0 Å². The van der Waals surface area contributed by atoms with Gasteiger partial charge in [0.05, 0.1) is 6.42 Å². The maximum Gasteiger partial charge on any atom is 0.331 e. The van der Waals surface area contributed by atoms with Crippen LogP contribution < -0.4 is 5.32 Å². The van der Waals surface area contributed by atoms with Crippen LogP contribution in [0.4, 0.5) is 4.79 Å². The summed E-state index contributed by atoms with van der Waals surface area (Å²) in [6.45, 7) is 0. The minimum Gasteiger partial charge on any atom is -0.284 e. The Morgan fingerprint density at radius 2 is 1.76 bits per heavy atom. The summed E-state index contributed by atoms with van der Waals surface area (Å²) in [7, 11) is 1.28. The van der Waals surface area contributed by atoms with E-state index in [0.29, 0.717) is 4.90 Å². The lowest BCUT2D eigenvalue weighted by molar-refractivity contribution is -0.144. The number of nitrogens with zero attached hydrogens (tertiary/aromatic N) is 2. The molecule has 0 spiro atoms. The Hall–Kier alpha value is -2.25. The van der Waals surface area contributed by atoms with E-state index in [9.17, 15) is 24.0 Å². The van der Waals surface area contributed by atoms with Gasteiger partial charge in [0.15, 0.2) is 0 Å². The second-order valence-corrected chi connectivity index (χ2v) is 3.80. The Kier molecular flexibility index (Phi) is 2.41. The number of likely N-dealkylation sites (N-methyl/N-ethyl adjacent to an activating group) is 1. The fourth-order valence-electron chi connectivity index (χ4n) is 1.81. The average molecular weight is 239 g/mol. The maximum absolute atomic E-state index is 11.6. The molecule has 2 aliphatic heterocycles. The number of likely N-dealkylation sites (tertiary alicyclic amines) is 1. The Morgan fingerprint density at radius 3 is 2.24 bits per heavy atom. The number of barbiturate groups is 1. The van der Waals surface area contributed by atoms with Gasteiger partial charge >= 0.3 is 6.03 Å². The third kappa shape index (κ3) is 1.67. The third-order valence-corrected chi connectivity index (χ3v) is 2.72. The Labute approximate surface area is 95.5 Å². The fraction of sp³-hybridized carbons (Fsp3) is 0.444. The Morgan fingerprint density at radius 1 is 1.12 bits per heavy atom. The summed E-state index contributed by atoms with van der Waals surface area (Å²) in [4.78, 5) is 58.3. The molecule has 1 unspecified atom stereocenters. The highest BCUT2D eigenvalue weighted by molar-refractivity contribution is 6.17. The standard InChI is InChI=1S/C9H9N3O5/c1-11-6(14)2-4(8(11)16)12-7(15)3-5(13)10-9(12)17/h4H,2-3H2,1H3,(H,10,13,17). The molecule has 1 atom stereocenters. The summed E-state index contributed by atoms with van der Waals surface area (Å²) in [5, 5.41) is 1.93. The van der Waals surface area contributed by atoms with Crippen LogP contribution in [0.2, 0.25) is 0 Å². The van der Waals surface area contributed by atoms with Crippen LogP contribution in [0.3, 0.4) is 0 Å². The first-order chi connectivity index (χ1) is 7.91. The zero-order valence-electron chi connectivity index (χ0n) is 8.93. The van der Waals surface area contributed by atoms with Crippen LogP contribution in [0.1, 0.15) is 12.8 Å². The molecule has 0 aromatic heterocycles. The molecule has 0 aromatic rings. The van der Waals surface area contributed by atoms with Crippen LogP contribution in [-0.2, 0) is 19.2 Å². The zero-order chi connectivity index (χ0) is 12.7. The summed E-state index contributed by atoms with van der Waals surface area (Å²) < 4.78 is 0. The first-order valence-electron chi connectivity index (χ1n) is 4.88. The lowest BCUT2D eigenvalue weighted by Gasteiger charge is -2.28. The maximum atomic E-state index is 11.6. The van der Waals surface area contributed by atoms with Crippen molar-refractivity contribution in [3.63, 3.8) is 0 Å². The summed E-state index contributed by atoms with van der Waals surface area (Å²) in [5.41, 5.74) is 0. The van der Waals surface area contributed by atoms with Gasteiger partial charge < -0.3 is 0 Å². The van der Waals surface area contributed by atoms with Crippen molar-refractivity contribution in [2.45, 2.75) is 18.9 Å². The number of carbonyl (C=O) groups excluding carboxylic acids is 5. The zero-order valence-corrected chi connectivity index (χ0v) is 8.93. The van der Waals surface area contributed by atoms with E-state index < -0.39 is 42.1 Å². The molecule has 8 nitrogen and oxygen atoms in total. The molecule has 2 fully saturated rings. The van der Waals surface area contributed by atoms with Crippen LogP contribution in [0.15, 0.2) is 0 Å². The van der Waals surface area contributed by atoms with E-state index in [1.807, 2.05) is 5.32 Å². The van der Waals surface area contributed by atoms with E-state index in [1.54, 1.807) is 0 Å². The van der Waals surface area contributed by atoms with Gasteiger partial charge in [0.2, 0.25) is 17.7 Å². The van der Waals surface area contributed by atoms with Crippen molar-refractivity contribution in [2.24, 2.45) is 0 Å². The highest BCUT2D eigenvalue weighted by atomic mass is 16.2.